The second kappa shape index (κ2) is 7.82. The summed E-state index contributed by atoms with van der Waals surface area (Å²) < 4.78 is 1.65. The number of fused-ring (bicyclic) bond motifs is 1. The quantitative estimate of drug-likeness (QED) is 0.549. The molecule has 0 fully saturated rings. The van der Waals surface area contributed by atoms with Gasteiger partial charge in [-0.2, -0.15) is 5.10 Å². The van der Waals surface area contributed by atoms with Crippen LogP contribution < -0.4 is 5.32 Å². The standard InChI is InChI=1S/C22H19ClN4O/c1-15(12-16-6-3-2-4-7-16)25-22(28)20-10-11-27-21(26-20)19(14-24-27)17-8-5-9-18(23)13-17/h2-11,13-15H,12H2,1H3,(H,25,28). The first-order valence-electron chi connectivity index (χ1n) is 9.05. The van der Waals surface area contributed by atoms with E-state index >= 15 is 0 Å². The fraction of sp³-hybridized carbons (Fsp3) is 0.136. The molecule has 2 aromatic heterocycles. The Morgan fingerprint density at radius 2 is 1.96 bits per heavy atom. The van der Waals surface area contributed by atoms with E-state index in [0.717, 1.165) is 17.5 Å². The first-order valence-corrected chi connectivity index (χ1v) is 9.43. The first-order chi connectivity index (χ1) is 13.6. The van der Waals surface area contributed by atoms with E-state index in [1.165, 1.54) is 5.56 Å². The number of rotatable bonds is 5. The molecule has 4 rings (SSSR count). The molecule has 28 heavy (non-hydrogen) atoms. The van der Waals surface area contributed by atoms with E-state index in [4.69, 9.17) is 11.6 Å². The lowest BCUT2D eigenvalue weighted by molar-refractivity contribution is 0.0935. The highest BCUT2D eigenvalue weighted by molar-refractivity contribution is 6.30. The Hall–Kier alpha value is -3.18. The number of aromatic nitrogens is 3. The number of nitrogens with one attached hydrogen (secondary N) is 1. The van der Waals surface area contributed by atoms with Gasteiger partial charge in [0.25, 0.3) is 5.91 Å². The minimum Gasteiger partial charge on any atom is -0.348 e. The number of carbonyl (C=O) groups excluding carboxylic acids is 1. The van der Waals surface area contributed by atoms with Crippen molar-refractivity contribution in [2.45, 2.75) is 19.4 Å². The van der Waals surface area contributed by atoms with Gasteiger partial charge in [-0.15, -0.1) is 0 Å². The first kappa shape index (κ1) is 18.2. The van der Waals surface area contributed by atoms with E-state index in [-0.39, 0.29) is 11.9 Å². The highest BCUT2D eigenvalue weighted by atomic mass is 35.5. The van der Waals surface area contributed by atoms with Crippen LogP contribution in [0, 0.1) is 0 Å². The van der Waals surface area contributed by atoms with Crippen LogP contribution in [0.4, 0.5) is 0 Å². The van der Waals surface area contributed by atoms with Crippen LogP contribution in [0.2, 0.25) is 5.02 Å². The largest absolute Gasteiger partial charge is 0.348 e. The Morgan fingerprint density at radius 1 is 1.14 bits per heavy atom. The predicted molar refractivity (Wildman–Crippen MR) is 111 cm³/mol. The monoisotopic (exact) mass is 390 g/mol. The van der Waals surface area contributed by atoms with Gasteiger partial charge in [0.05, 0.1) is 6.20 Å². The molecule has 0 aliphatic carbocycles. The number of benzene rings is 2. The molecule has 1 N–H and O–H groups in total. The molecular weight excluding hydrogens is 372 g/mol. The lowest BCUT2D eigenvalue weighted by atomic mass is 10.1. The zero-order valence-corrected chi connectivity index (χ0v) is 16.1. The number of hydrogen-bond acceptors (Lipinski definition) is 3. The van der Waals surface area contributed by atoms with E-state index in [9.17, 15) is 4.79 Å². The van der Waals surface area contributed by atoms with Gasteiger partial charge in [0, 0.05) is 22.8 Å². The van der Waals surface area contributed by atoms with E-state index in [1.807, 2.05) is 49.4 Å². The average Bonchev–Trinajstić information content (AvgIpc) is 3.12. The van der Waals surface area contributed by atoms with Crippen molar-refractivity contribution in [1.82, 2.24) is 19.9 Å². The van der Waals surface area contributed by atoms with E-state index in [2.05, 4.69) is 27.5 Å². The fourth-order valence-electron chi connectivity index (χ4n) is 3.17. The van der Waals surface area contributed by atoms with Crippen LogP contribution in [0.15, 0.2) is 73.1 Å². The van der Waals surface area contributed by atoms with Gasteiger partial charge in [-0.25, -0.2) is 9.50 Å². The Kier molecular flexibility index (Phi) is 5.08. The molecule has 0 saturated heterocycles. The Labute approximate surface area is 168 Å². The summed E-state index contributed by atoms with van der Waals surface area (Å²) in [4.78, 5) is 17.2. The van der Waals surface area contributed by atoms with Gasteiger partial charge in [0.15, 0.2) is 5.65 Å². The van der Waals surface area contributed by atoms with Gasteiger partial charge < -0.3 is 5.32 Å². The number of hydrogen-bond donors (Lipinski definition) is 1. The molecule has 0 aliphatic rings. The highest BCUT2D eigenvalue weighted by Gasteiger charge is 2.15. The molecule has 0 bridgehead atoms. The molecule has 1 atom stereocenters. The molecule has 2 aromatic carbocycles. The van der Waals surface area contributed by atoms with Crippen LogP contribution in [-0.4, -0.2) is 26.5 Å². The van der Waals surface area contributed by atoms with Crippen molar-refractivity contribution in [1.29, 1.82) is 0 Å². The predicted octanol–water partition coefficient (Wildman–Crippen LogP) is 4.41. The second-order valence-electron chi connectivity index (χ2n) is 6.71. The summed E-state index contributed by atoms with van der Waals surface area (Å²) in [6.07, 6.45) is 4.23. The molecule has 0 spiro atoms. The lowest BCUT2D eigenvalue weighted by Gasteiger charge is -2.13. The molecule has 1 amide bonds. The number of amides is 1. The van der Waals surface area contributed by atoms with Gasteiger partial charge in [-0.05, 0) is 42.7 Å². The SMILES string of the molecule is CC(Cc1ccccc1)NC(=O)c1ccn2ncc(-c3cccc(Cl)c3)c2n1. The summed E-state index contributed by atoms with van der Waals surface area (Å²) in [5.74, 6) is -0.204. The molecule has 0 saturated carbocycles. The van der Waals surface area contributed by atoms with Crippen LogP contribution >= 0.6 is 11.6 Å². The summed E-state index contributed by atoms with van der Waals surface area (Å²) in [7, 11) is 0. The highest BCUT2D eigenvalue weighted by Crippen LogP contribution is 2.25. The van der Waals surface area contributed by atoms with Crippen molar-refractivity contribution in [2.24, 2.45) is 0 Å². The van der Waals surface area contributed by atoms with Crippen molar-refractivity contribution in [2.75, 3.05) is 0 Å². The van der Waals surface area contributed by atoms with Crippen molar-refractivity contribution in [3.63, 3.8) is 0 Å². The molecule has 0 radical (unpaired) electrons. The van der Waals surface area contributed by atoms with Crippen molar-refractivity contribution in [3.8, 4) is 11.1 Å². The minimum absolute atomic E-state index is 0.00904. The summed E-state index contributed by atoms with van der Waals surface area (Å²) in [5.41, 5.74) is 3.89. The van der Waals surface area contributed by atoms with Crippen molar-refractivity contribution in [3.05, 3.63) is 89.3 Å². The van der Waals surface area contributed by atoms with Crippen LogP contribution in [0.3, 0.4) is 0 Å². The molecule has 140 valence electrons. The van der Waals surface area contributed by atoms with Crippen LogP contribution in [0.25, 0.3) is 16.8 Å². The van der Waals surface area contributed by atoms with E-state index in [1.54, 1.807) is 23.0 Å². The summed E-state index contributed by atoms with van der Waals surface area (Å²) in [6, 6.07) is 19.2. The summed E-state index contributed by atoms with van der Waals surface area (Å²) >= 11 is 6.11. The van der Waals surface area contributed by atoms with Crippen molar-refractivity contribution < 1.29 is 4.79 Å². The third-order valence-electron chi connectivity index (χ3n) is 4.50. The van der Waals surface area contributed by atoms with Gasteiger partial charge in [-0.3, -0.25) is 4.79 Å². The van der Waals surface area contributed by atoms with Crippen LogP contribution in [0.5, 0.6) is 0 Å². The number of nitrogens with zero attached hydrogens (tertiary/aromatic N) is 3. The summed E-state index contributed by atoms with van der Waals surface area (Å²) in [5, 5.41) is 7.98. The molecular formula is C22H19ClN4O. The van der Waals surface area contributed by atoms with Crippen molar-refractivity contribution >= 4 is 23.2 Å². The van der Waals surface area contributed by atoms with E-state index in [0.29, 0.717) is 16.4 Å². The summed E-state index contributed by atoms with van der Waals surface area (Å²) in [6.45, 7) is 1.99. The van der Waals surface area contributed by atoms with Gasteiger partial charge in [-0.1, -0.05) is 54.1 Å². The third kappa shape index (κ3) is 3.89. The van der Waals surface area contributed by atoms with Crippen LogP contribution in [0.1, 0.15) is 23.0 Å². The minimum atomic E-state index is -0.204. The van der Waals surface area contributed by atoms with Gasteiger partial charge >= 0.3 is 0 Å². The normalized spacial score (nSPS) is 12.1. The molecule has 1 unspecified atom stereocenters. The maximum absolute atomic E-state index is 12.7. The maximum Gasteiger partial charge on any atom is 0.270 e. The number of carbonyl (C=O) groups is 1. The zero-order valence-electron chi connectivity index (χ0n) is 15.3. The lowest BCUT2D eigenvalue weighted by Crippen LogP contribution is -2.34. The molecule has 5 nitrogen and oxygen atoms in total. The van der Waals surface area contributed by atoms with Gasteiger partial charge in [0.2, 0.25) is 0 Å². The smallest absolute Gasteiger partial charge is 0.270 e. The molecule has 4 aromatic rings. The van der Waals surface area contributed by atoms with Crippen LogP contribution in [-0.2, 0) is 6.42 Å². The molecule has 0 aliphatic heterocycles. The Balaban J connectivity index is 1.57. The maximum atomic E-state index is 12.7. The molecule has 6 heteroatoms. The number of halogens is 1. The molecule has 2 heterocycles. The van der Waals surface area contributed by atoms with Gasteiger partial charge in [0.1, 0.15) is 5.69 Å². The second-order valence-corrected chi connectivity index (χ2v) is 7.15. The average molecular weight is 391 g/mol. The Morgan fingerprint density at radius 3 is 2.75 bits per heavy atom. The zero-order chi connectivity index (χ0) is 19.5. The third-order valence-corrected chi connectivity index (χ3v) is 4.73. The van der Waals surface area contributed by atoms with E-state index < -0.39 is 0 Å². The fourth-order valence-corrected chi connectivity index (χ4v) is 3.36. The topological polar surface area (TPSA) is 59.3 Å². The Bertz CT molecular complexity index is 1120.